The van der Waals surface area contributed by atoms with Gasteiger partial charge in [0.15, 0.2) is 0 Å². The molecule has 80 valence electrons. The van der Waals surface area contributed by atoms with Gasteiger partial charge in [0.1, 0.15) is 10.1 Å². The molecule has 0 fully saturated rings. The molecule has 0 atom stereocenters. The fourth-order valence-electron chi connectivity index (χ4n) is 0.756. The molecule has 0 aliphatic carbocycles. The Hall–Kier alpha value is -0.660. The first-order valence-corrected chi connectivity index (χ1v) is 5.41. The largest absolute Gasteiger partial charge is 1.00 e. The number of rotatable bonds is 1. The van der Waals surface area contributed by atoms with E-state index in [1.54, 1.807) is 12.4 Å². The third kappa shape index (κ3) is 5.43. The van der Waals surface area contributed by atoms with Gasteiger partial charge in [-0.3, -0.25) is 4.99 Å². The number of nitrogen functional groups attached to an aromatic ring is 1. The number of nitrogens with two attached hydrogens (primary N) is 1. The molecule has 0 radical (unpaired) electrons. The third-order valence-corrected chi connectivity index (χ3v) is 2.32. The van der Waals surface area contributed by atoms with Crippen molar-refractivity contribution in [2.45, 2.75) is 4.90 Å². The van der Waals surface area contributed by atoms with Gasteiger partial charge in [0, 0.05) is 18.1 Å². The van der Waals surface area contributed by atoms with E-state index >= 15 is 0 Å². The van der Waals surface area contributed by atoms with E-state index < -0.39 is 10.1 Å². The van der Waals surface area contributed by atoms with Crippen LogP contribution in [0.3, 0.4) is 0 Å². The minimum atomic E-state index is -4.36. The van der Waals surface area contributed by atoms with Crippen molar-refractivity contribution in [1.29, 1.82) is 0 Å². The molecule has 0 amide bonds. The van der Waals surface area contributed by atoms with E-state index in [4.69, 9.17) is 5.73 Å². The van der Waals surface area contributed by atoms with Gasteiger partial charge in [-0.15, -0.1) is 0 Å². The van der Waals surface area contributed by atoms with Crippen molar-refractivity contribution in [3.05, 3.63) is 36.5 Å². The predicted molar refractivity (Wildman–Crippen MR) is 56.4 cm³/mol. The molecule has 5 nitrogen and oxygen atoms in total. The minimum absolute atomic E-state index is 0. The van der Waals surface area contributed by atoms with Gasteiger partial charge in [-0.25, -0.2) is 8.42 Å². The first kappa shape index (κ1) is 15.3. The van der Waals surface area contributed by atoms with Crippen LogP contribution in [0, 0.1) is 0 Å². The fourth-order valence-corrected chi connectivity index (χ4v) is 1.28. The van der Waals surface area contributed by atoms with E-state index in [-0.39, 0.29) is 40.1 Å². The molecule has 2 rings (SSSR count). The van der Waals surface area contributed by atoms with Crippen LogP contribution in [0.2, 0.25) is 0 Å². The van der Waals surface area contributed by atoms with E-state index in [1.165, 1.54) is 18.2 Å². The molecular formula is C9H9N2NaO3S. The molecule has 0 saturated carbocycles. The Kier molecular flexibility index (Phi) is 6.54. The van der Waals surface area contributed by atoms with Crippen LogP contribution in [0.1, 0.15) is 0 Å². The van der Waals surface area contributed by atoms with Crippen LogP contribution in [0.5, 0.6) is 0 Å². The molecule has 16 heavy (non-hydrogen) atoms. The van der Waals surface area contributed by atoms with Gasteiger partial charge in [-0.1, -0.05) is 6.07 Å². The summed E-state index contributed by atoms with van der Waals surface area (Å²) in [4.78, 5) is 3.32. The van der Waals surface area contributed by atoms with Gasteiger partial charge in [0.05, 0.1) is 4.90 Å². The Balaban J connectivity index is 0.000000380. The summed E-state index contributed by atoms with van der Waals surface area (Å²) in [5.74, 6) is 0. The Morgan fingerprint density at radius 1 is 1.31 bits per heavy atom. The van der Waals surface area contributed by atoms with E-state index in [1.807, 2.05) is 6.08 Å². The monoisotopic (exact) mass is 248 g/mol. The van der Waals surface area contributed by atoms with E-state index in [0.29, 0.717) is 0 Å². The predicted octanol–water partition coefficient (Wildman–Crippen LogP) is -2.24. The minimum Gasteiger partial charge on any atom is -0.744 e. The van der Waals surface area contributed by atoms with Crippen LogP contribution in [0.4, 0.5) is 5.69 Å². The number of aliphatic imine (C=N–C) groups is 1. The first-order valence-electron chi connectivity index (χ1n) is 4.00. The van der Waals surface area contributed by atoms with Gasteiger partial charge in [0.2, 0.25) is 0 Å². The van der Waals surface area contributed by atoms with Crippen molar-refractivity contribution in [3.63, 3.8) is 0 Å². The van der Waals surface area contributed by atoms with Crippen LogP contribution in [0.25, 0.3) is 0 Å². The first-order chi connectivity index (χ1) is 7.00. The SMILES string of the molecule is C1=CN=C1.Nc1cccc(S(=O)(=O)[O-])c1.[Na+]. The van der Waals surface area contributed by atoms with Gasteiger partial charge >= 0.3 is 29.6 Å². The van der Waals surface area contributed by atoms with Gasteiger partial charge in [0.25, 0.3) is 0 Å². The van der Waals surface area contributed by atoms with Gasteiger partial charge in [-0.05, 0) is 24.3 Å². The molecular weight excluding hydrogens is 239 g/mol. The summed E-state index contributed by atoms with van der Waals surface area (Å²) in [6, 6.07) is 5.26. The summed E-state index contributed by atoms with van der Waals surface area (Å²) in [5.41, 5.74) is 5.52. The van der Waals surface area contributed by atoms with Crippen molar-refractivity contribution in [3.8, 4) is 0 Å². The molecule has 1 aliphatic heterocycles. The van der Waals surface area contributed by atoms with Crippen molar-refractivity contribution in [1.82, 2.24) is 0 Å². The van der Waals surface area contributed by atoms with Crippen LogP contribution < -0.4 is 35.3 Å². The number of nitrogens with zero attached hydrogens (tertiary/aromatic N) is 1. The molecule has 7 heteroatoms. The van der Waals surface area contributed by atoms with Crippen LogP contribution in [0.15, 0.2) is 46.4 Å². The number of benzene rings is 1. The fraction of sp³-hybridized carbons (Fsp3) is 0. The summed E-state index contributed by atoms with van der Waals surface area (Å²) in [5, 5.41) is 0. The molecule has 0 spiro atoms. The summed E-state index contributed by atoms with van der Waals surface area (Å²) < 4.78 is 31.1. The van der Waals surface area contributed by atoms with Crippen molar-refractivity contribution in [2.75, 3.05) is 5.73 Å². The Morgan fingerprint density at radius 3 is 2.06 bits per heavy atom. The zero-order valence-corrected chi connectivity index (χ0v) is 11.5. The average molecular weight is 248 g/mol. The van der Waals surface area contributed by atoms with E-state index in [0.717, 1.165) is 6.07 Å². The summed E-state index contributed by atoms with van der Waals surface area (Å²) >= 11 is 0. The number of allylic oxidation sites excluding steroid dienone is 1. The third-order valence-electron chi connectivity index (χ3n) is 1.49. The molecule has 1 aromatic carbocycles. The van der Waals surface area contributed by atoms with E-state index in [2.05, 4.69) is 4.99 Å². The standard InChI is InChI=1S/C6H7NO3S.C3H3N.Na/c7-5-2-1-3-6(4-5)11(8,9)10;1-2-4-3-1;/h1-4H,7H2,(H,8,9,10);1-3H;/q;;+1/p-1. The summed E-state index contributed by atoms with van der Waals surface area (Å²) in [7, 11) is -4.36. The quantitative estimate of drug-likeness (QED) is 0.345. The number of hydrogen-bond acceptors (Lipinski definition) is 5. The molecule has 0 saturated heterocycles. The maximum Gasteiger partial charge on any atom is 1.00 e. The number of anilines is 1. The molecule has 1 aliphatic rings. The van der Waals surface area contributed by atoms with E-state index in [9.17, 15) is 13.0 Å². The Morgan fingerprint density at radius 2 is 1.81 bits per heavy atom. The topological polar surface area (TPSA) is 95.6 Å². The Bertz CT molecular complexity index is 479. The second kappa shape index (κ2) is 6.82. The smallest absolute Gasteiger partial charge is 0.744 e. The van der Waals surface area contributed by atoms with Crippen molar-refractivity contribution < 1.29 is 42.5 Å². The second-order valence-electron chi connectivity index (χ2n) is 2.67. The van der Waals surface area contributed by atoms with Gasteiger partial charge in [-0.2, -0.15) is 0 Å². The van der Waals surface area contributed by atoms with Crippen LogP contribution >= 0.6 is 0 Å². The Labute approximate surface area is 116 Å². The zero-order chi connectivity index (χ0) is 11.3. The molecule has 1 aromatic rings. The maximum atomic E-state index is 10.4. The van der Waals surface area contributed by atoms with Crippen molar-refractivity contribution in [2.24, 2.45) is 4.99 Å². The molecule has 1 heterocycles. The summed E-state index contributed by atoms with van der Waals surface area (Å²) in [6.07, 6.45) is 5.39. The van der Waals surface area contributed by atoms with Crippen molar-refractivity contribution >= 4 is 22.0 Å². The molecule has 0 bridgehead atoms. The summed E-state index contributed by atoms with van der Waals surface area (Å²) in [6.45, 7) is 0. The average Bonchev–Trinajstić information content (AvgIpc) is 1.99. The maximum absolute atomic E-state index is 10.4. The second-order valence-corrected chi connectivity index (χ2v) is 4.05. The van der Waals surface area contributed by atoms with Crippen LogP contribution in [-0.4, -0.2) is 19.2 Å². The number of hydrogen-bond donors (Lipinski definition) is 1. The molecule has 0 unspecified atom stereocenters. The molecule has 2 N–H and O–H groups in total. The molecule has 0 aromatic heterocycles. The normalized spacial score (nSPS) is 11.8. The van der Waals surface area contributed by atoms with Gasteiger partial charge < -0.3 is 10.3 Å². The zero-order valence-electron chi connectivity index (χ0n) is 8.70. The van der Waals surface area contributed by atoms with Crippen LogP contribution in [-0.2, 0) is 10.1 Å².